The first-order valence-electron chi connectivity index (χ1n) is 9.93. The summed E-state index contributed by atoms with van der Waals surface area (Å²) in [4.78, 5) is 24.5. The van der Waals surface area contributed by atoms with Gasteiger partial charge >= 0.3 is 51.4 Å². The summed E-state index contributed by atoms with van der Waals surface area (Å²) >= 11 is 0. The zero-order valence-corrected chi connectivity index (χ0v) is 18.9. The minimum atomic E-state index is -6.80. The Hall–Kier alpha value is -1.89. The molecule has 19 heteroatoms. The molecule has 8 nitrogen and oxygen atoms in total. The van der Waals surface area contributed by atoms with Crippen LogP contribution in [0.4, 0.5) is 43.9 Å². The predicted molar refractivity (Wildman–Crippen MR) is 95.1 cm³/mol. The highest BCUT2D eigenvalue weighted by atomic mass is 32.2. The number of ether oxygens (including phenoxy) is 3. The van der Waals surface area contributed by atoms with Crippen LogP contribution in [0.3, 0.4) is 0 Å². The van der Waals surface area contributed by atoms with Crippen molar-refractivity contribution in [1.29, 1.82) is 0 Å². The van der Waals surface area contributed by atoms with Crippen molar-refractivity contribution in [2.75, 3.05) is 6.61 Å². The van der Waals surface area contributed by atoms with Crippen LogP contribution in [-0.2, 0) is 33.9 Å². The fourth-order valence-corrected chi connectivity index (χ4v) is 3.39. The summed E-state index contributed by atoms with van der Waals surface area (Å²) in [6.45, 7) is -2.26. The molecule has 0 amide bonds. The van der Waals surface area contributed by atoms with Crippen LogP contribution in [-0.4, -0.2) is 66.9 Å². The normalized spacial score (nSPS) is 19.3. The largest absolute Gasteiger partial charge is 0.468 e. The van der Waals surface area contributed by atoms with E-state index in [1.165, 1.54) is 0 Å². The molecule has 1 fully saturated rings. The monoisotopic (exact) mass is 574 g/mol. The lowest BCUT2D eigenvalue weighted by Gasteiger charge is -2.35. The summed E-state index contributed by atoms with van der Waals surface area (Å²) in [5.41, 5.74) is 0. The third-order valence-electron chi connectivity index (χ3n) is 5.04. The standard InChI is InChI=1S/C17H20F10O8S/c1-9(15(20,21)22)34-12(29)14(16(23,24)25,35-11(28)10-5-3-2-4-6-10)33-8-7-13(18,19)17(26,27)36(30,31)32/h9-10H,2-8H2,1H3,(H,30,31,32). The van der Waals surface area contributed by atoms with Crippen LogP contribution >= 0.6 is 0 Å². The SMILES string of the molecule is CC(OC(=O)C(OCCC(F)(F)C(F)(F)S(=O)(=O)O)(OC(=O)C1CCCCC1)C(F)(F)F)C(F)(F)F. The van der Waals surface area contributed by atoms with Crippen LogP contribution in [0.2, 0.25) is 0 Å². The lowest BCUT2D eigenvalue weighted by molar-refractivity contribution is -0.363. The van der Waals surface area contributed by atoms with Crippen molar-refractivity contribution in [3.63, 3.8) is 0 Å². The van der Waals surface area contributed by atoms with Crippen LogP contribution in [0.25, 0.3) is 0 Å². The van der Waals surface area contributed by atoms with Crippen LogP contribution in [0.1, 0.15) is 45.4 Å². The molecule has 2 unspecified atom stereocenters. The molecule has 0 radical (unpaired) electrons. The van der Waals surface area contributed by atoms with Crippen LogP contribution in [0, 0.1) is 5.92 Å². The van der Waals surface area contributed by atoms with E-state index < -0.39 is 76.4 Å². The number of halogens is 10. The number of carbonyl (C=O) groups is 2. The van der Waals surface area contributed by atoms with E-state index in [1.807, 2.05) is 0 Å². The van der Waals surface area contributed by atoms with Gasteiger partial charge in [-0.05, 0) is 19.8 Å². The van der Waals surface area contributed by atoms with Gasteiger partial charge in [0.1, 0.15) is 0 Å². The first-order chi connectivity index (χ1) is 16.0. The Morgan fingerprint density at radius 1 is 0.944 bits per heavy atom. The van der Waals surface area contributed by atoms with Gasteiger partial charge in [-0.15, -0.1) is 0 Å². The molecule has 0 bridgehead atoms. The maximum Gasteiger partial charge on any atom is 0.468 e. The molecule has 1 saturated carbocycles. The third kappa shape index (κ3) is 7.11. The number of alkyl halides is 10. The molecule has 0 spiro atoms. The maximum atomic E-state index is 13.9. The summed E-state index contributed by atoms with van der Waals surface area (Å²) < 4.78 is 175. The Kier molecular flexibility index (Phi) is 9.68. The highest BCUT2D eigenvalue weighted by Gasteiger charge is 2.70. The number of esters is 2. The van der Waals surface area contributed by atoms with E-state index >= 15 is 0 Å². The van der Waals surface area contributed by atoms with Gasteiger partial charge in [0.05, 0.1) is 12.5 Å². The second-order valence-electron chi connectivity index (χ2n) is 7.75. The highest BCUT2D eigenvalue weighted by molar-refractivity contribution is 7.87. The zero-order chi connectivity index (χ0) is 28.4. The smallest absolute Gasteiger partial charge is 0.448 e. The topological polar surface area (TPSA) is 116 Å². The number of rotatable bonds is 10. The summed E-state index contributed by atoms with van der Waals surface area (Å²) in [6, 6.07) is 0. The summed E-state index contributed by atoms with van der Waals surface area (Å²) in [7, 11) is -6.80. The van der Waals surface area contributed by atoms with Gasteiger partial charge in [0, 0.05) is 6.42 Å². The summed E-state index contributed by atoms with van der Waals surface area (Å²) in [5, 5.41) is -6.24. The molecule has 0 aromatic heterocycles. The van der Waals surface area contributed by atoms with Crippen molar-refractivity contribution in [3.05, 3.63) is 0 Å². The summed E-state index contributed by atoms with van der Waals surface area (Å²) in [6.07, 6.45) is -16.6. The molecule has 1 N–H and O–H groups in total. The Balaban J connectivity index is 3.36. The van der Waals surface area contributed by atoms with Crippen LogP contribution < -0.4 is 0 Å². The van der Waals surface area contributed by atoms with Crippen molar-refractivity contribution in [2.24, 2.45) is 5.92 Å². The third-order valence-corrected chi connectivity index (χ3v) is 5.99. The van der Waals surface area contributed by atoms with Crippen LogP contribution in [0.5, 0.6) is 0 Å². The molecule has 212 valence electrons. The fraction of sp³-hybridized carbons (Fsp3) is 0.882. The van der Waals surface area contributed by atoms with E-state index in [0.29, 0.717) is 19.3 Å². The highest BCUT2D eigenvalue weighted by Crippen LogP contribution is 2.43. The molecule has 0 heterocycles. The minimum Gasteiger partial charge on any atom is -0.448 e. The van der Waals surface area contributed by atoms with Gasteiger partial charge in [-0.1, -0.05) is 19.3 Å². The molecule has 36 heavy (non-hydrogen) atoms. The molecule has 1 aliphatic carbocycles. The van der Waals surface area contributed by atoms with E-state index in [-0.39, 0.29) is 19.8 Å². The van der Waals surface area contributed by atoms with Gasteiger partial charge in [-0.25, -0.2) is 4.79 Å². The van der Waals surface area contributed by atoms with E-state index in [9.17, 15) is 61.9 Å². The van der Waals surface area contributed by atoms with Gasteiger partial charge < -0.3 is 14.2 Å². The van der Waals surface area contributed by atoms with Crippen molar-refractivity contribution >= 4 is 22.1 Å². The molecule has 2 atom stereocenters. The molecule has 0 aromatic carbocycles. The van der Waals surface area contributed by atoms with E-state index in [0.717, 1.165) is 0 Å². The van der Waals surface area contributed by atoms with Crippen molar-refractivity contribution in [3.8, 4) is 0 Å². The molecular formula is C17H20F10O8S. The average Bonchev–Trinajstić information content (AvgIpc) is 2.70. The molecular weight excluding hydrogens is 554 g/mol. The Labute approximate surface area is 197 Å². The maximum absolute atomic E-state index is 13.9. The van der Waals surface area contributed by atoms with Gasteiger partial charge in [-0.2, -0.15) is 52.3 Å². The predicted octanol–water partition coefficient (Wildman–Crippen LogP) is 4.39. The molecule has 1 aliphatic rings. The lowest BCUT2D eigenvalue weighted by atomic mass is 9.89. The first kappa shape index (κ1) is 32.1. The van der Waals surface area contributed by atoms with Gasteiger partial charge in [-0.3, -0.25) is 9.35 Å². The molecule has 0 aromatic rings. The van der Waals surface area contributed by atoms with Gasteiger partial charge in [0.15, 0.2) is 6.10 Å². The van der Waals surface area contributed by atoms with Crippen LogP contribution in [0.15, 0.2) is 0 Å². The Morgan fingerprint density at radius 3 is 1.86 bits per heavy atom. The summed E-state index contributed by atoms with van der Waals surface area (Å²) in [5.74, 6) is -17.1. The molecule has 0 saturated heterocycles. The Morgan fingerprint density at radius 2 is 1.44 bits per heavy atom. The average molecular weight is 574 g/mol. The van der Waals surface area contributed by atoms with E-state index in [4.69, 9.17) is 4.55 Å². The molecule has 1 rings (SSSR count). The zero-order valence-electron chi connectivity index (χ0n) is 18.1. The van der Waals surface area contributed by atoms with Crippen molar-refractivity contribution in [1.82, 2.24) is 0 Å². The number of hydrogen-bond donors (Lipinski definition) is 1. The fourth-order valence-electron chi connectivity index (χ4n) is 2.91. The van der Waals surface area contributed by atoms with E-state index in [2.05, 4.69) is 14.2 Å². The minimum absolute atomic E-state index is 0.0700. The lowest BCUT2D eigenvalue weighted by Crippen LogP contribution is -2.60. The second-order valence-corrected chi connectivity index (χ2v) is 9.22. The number of hydrogen-bond acceptors (Lipinski definition) is 7. The quantitative estimate of drug-likeness (QED) is 0.177. The first-order valence-corrected chi connectivity index (χ1v) is 11.4. The van der Waals surface area contributed by atoms with E-state index in [1.54, 1.807) is 0 Å². The van der Waals surface area contributed by atoms with Gasteiger partial charge in [0.25, 0.3) is 0 Å². The number of carbonyl (C=O) groups excluding carboxylic acids is 2. The Bertz CT molecular complexity index is 896. The second kappa shape index (κ2) is 10.8. The molecule has 0 aliphatic heterocycles. The van der Waals surface area contributed by atoms with Crippen molar-refractivity contribution in [2.45, 2.75) is 80.9 Å². The van der Waals surface area contributed by atoms with Crippen molar-refractivity contribution < 1.29 is 80.7 Å². The van der Waals surface area contributed by atoms with Gasteiger partial charge in [0.2, 0.25) is 0 Å².